The Morgan fingerprint density at radius 3 is 2.50 bits per heavy atom. The van der Waals surface area contributed by atoms with Gasteiger partial charge in [-0.1, -0.05) is 26.0 Å². The van der Waals surface area contributed by atoms with Crippen LogP contribution in [-0.2, 0) is 4.79 Å². The van der Waals surface area contributed by atoms with Crippen molar-refractivity contribution in [3.05, 3.63) is 29.8 Å². The third-order valence-corrected chi connectivity index (χ3v) is 4.82. The van der Waals surface area contributed by atoms with Gasteiger partial charge in [-0.2, -0.15) is 0 Å². The Balaban J connectivity index is 1.93. The van der Waals surface area contributed by atoms with Crippen molar-refractivity contribution >= 4 is 5.91 Å². The summed E-state index contributed by atoms with van der Waals surface area (Å²) < 4.78 is 5.19. The van der Waals surface area contributed by atoms with Gasteiger partial charge >= 0.3 is 0 Å². The zero-order valence-corrected chi connectivity index (χ0v) is 15.2. The lowest BCUT2D eigenvalue weighted by atomic mass is 9.96. The van der Waals surface area contributed by atoms with E-state index in [1.54, 1.807) is 7.11 Å². The summed E-state index contributed by atoms with van der Waals surface area (Å²) in [7, 11) is 1.65. The second-order valence-electron chi connectivity index (χ2n) is 7.09. The Kier molecular flexibility index (Phi) is 6.63. The number of carbonyl (C=O) groups excluding carboxylic acids is 1. The van der Waals surface area contributed by atoms with Crippen molar-refractivity contribution in [3.8, 4) is 5.75 Å². The summed E-state index contributed by atoms with van der Waals surface area (Å²) in [5.41, 5.74) is 1.09. The van der Waals surface area contributed by atoms with E-state index in [-0.39, 0.29) is 24.0 Å². The second kappa shape index (κ2) is 8.49. The van der Waals surface area contributed by atoms with Gasteiger partial charge in [0.15, 0.2) is 0 Å². The Bertz CT molecular complexity index is 528. The molecule has 3 unspecified atom stereocenters. The second-order valence-corrected chi connectivity index (χ2v) is 7.09. The monoisotopic (exact) mass is 334 g/mol. The maximum absolute atomic E-state index is 12.4. The van der Waals surface area contributed by atoms with Crippen molar-refractivity contribution in [2.45, 2.75) is 39.3 Å². The van der Waals surface area contributed by atoms with E-state index >= 15 is 0 Å². The Labute approximate surface area is 145 Å². The number of amides is 1. The number of nitrogens with zero attached hydrogens (tertiary/aromatic N) is 1. The Morgan fingerprint density at radius 1 is 1.33 bits per heavy atom. The first kappa shape index (κ1) is 18.7. The molecule has 0 saturated carbocycles. The molecule has 0 spiro atoms. The number of aliphatic hydroxyl groups excluding tert-OH is 1. The van der Waals surface area contributed by atoms with Gasteiger partial charge in [0.05, 0.1) is 25.8 Å². The number of nitrogens with one attached hydrogen (secondary N) is 1. The minimum atomic E-state index is -0.305. The van der Waals surface area contributed by atoms with Crippen LogP contribution in [0.2, 0.25) is 0 Å². The summed E-state index contributed by atoms with van der Waals surface area (Å²) in [5, 5.41) is 12.8. The first-order chi connectivity index (χ1) is 11.4. The van der Waals surface area contributed by atoms with E-state index in [4.69, 9.17) is 4.74 Å². The molecule has 1 amide bonds. The number of methoxy groups -OCH3 is 1. The first-order valence-corrected chi connectivity index (χ1v) is 8.74. The molecule has 2 N–H and O–H groups in total. The maximum atomic E-state index is 12.4. The molecule has 0 aromatic heterocycles. The molecule has 1 aliphatic heterocycles. The number of hydrogen-bond donors (Lipinski definition) is 2. The van der Waals surface area contributed by atoms with E-state index in [1.807, 2.05) is 31.2 Å². The first-order valence-electron chi connectivity index (χ1n) is 8.74. The standard InChI is InChI=1S/C19H30N2O3/c1-13(2)19(15-5-7-17(24-4)8-6-15)20-18(23)12-21-10-9-16(11-21)14(3)22/h5-8,13-14,16,19,22H,9-12H2,1-4H3,(H,20,23). The smallest absolute Gasteiger partial charge is 0.234 e. The highest BCUT2D eigenvalue weighted by Crippen LogP contribution is 2.24. The average Bonchev–Trinajstić information content (AvgIpc) is 3.01. The van der Waals surface area contributed by atoms with Crippen molar-refractivity contribution in [1.29, 1.82) is 0 Å². The lowest BCUT2D eigenvalue weighted by Crippen LogP contribution is -2.39. The van der Waals surface area contributed by atoms with E-state index < -0.39 is 0 Å². The maximum Gasteiger partial charge on any atom is 0.234 e. The lowest BCUT2D eigenvalue weighted by molar-refractivity contribution is -0.123. The third kappa shape index (κ3) is 4.95. The van der Waals surface area contributed by atoms with Gasteiger partial charge in [-0.25, -0.2) is 0 Å². The summed E-state index contributed by atoms with van der Waals surface area (Å²) in [5.74, 6) is 1.43. The van der Waals surface area contributed by atoms with Gasteiger partial charge in [0.25, 0.3) is 0 Å². The summed E-state index contributed by atoms with van der Waals surface area (Å²) in [4.78, 5) is 14.6. The molecular formula is C19H30N2O3. The van der Waals surface area contributed by atoms with Crippen molar-refractivity contribution in [2.24, 2.45) is 11.8 Å². The van der Waals surface area contributed by atoms with E-state index in [2.05, 4.69) is 24.1 Å². The molecular weight excluding hydrogens is 304 g/mol. The molecule has 0 bridgehead atoms. The minimum Gasteiger partial charge on any atom is -0.497 e. The third-order valence-electron chi connectivity index (χ3n) is 4.82. The van der Waals surface area contributed by atoms with Crippen LogP contribution in [0.25, 0.3) is 0 Å². The van der Waals surface area contributed by atoms with Crippen LogP contribution >= 0.6 is 0 Å². The zero-order valence-electron chi connectivity index (χ0n) is 15.2. The number of carbonyl (C=O) groups is 1. The molecule has 1 aromatic carbocycles. The number of likely N-dealkylation sites (tertiary alicyclic amines) is 1. The topological polar surface area (TPSA) is 61.8 Å². The number of aliphatic hydroxyl groups is 1. The fourth-order valence-corrected chi connectivity index (χ4v) is 3.27. The predicted molar refractivity (Wildman–Crippen MR) is 94.9 cm³/mol. The van der Waals surface area contributed by atoms with Crippen LogP contribution in [0.15, 0.2) is 24.3 Å². The molecule has 2 rings (SSSR count). The number of ether oxygens (including phenoxy) is 1. The molecule has 5 nitrogen and oxygen atoms in total. The number of benzene rings is 1. The SMILES string of the molecule is COc1ccc(C(NC(=O)CN2CCC(C(C)O)C2)C(C)C)cc1. The molecule has 0 radical (unpaired) electrons. The molecule has 1 aromatic rings. The normalized spacial score (nSPS) is 20.8. The van der Waals surface area contributed by atoms with Crippen LogP contribution < -0.4 is 10.1 Å². The van der Waals surface area contributed by atoms with Crippen LogP contribution in [0, 0.1) is 11.8 Å². The van der Waals surface area contributed by atoms with E-state index in [0.717, 1.165) is 30.8 Å². The molecule has 3 atom stereocenters. The van der Waals surface area contributed by atoms with Crippen LogP contribution in [-0.4, -0.2) is 48.8 Å². The Hall–Kier alpha value is -1.59. The summed E-state index contributed by atoms with van der Waals surface area (Å²) in [6.07, 6.45) is 0.651. The summed E-state index contributed by atoms with van der Waals surface area (Å²) in [6, 6.07) is 7.83. The summed E-state index contributed by atoms with van der Waals surface area (Å²) in [6.45, 7) is 8.09. The van der Waals surface area contributed by atoms with Crippen molar-refractivity contribution in [2.75, 3.05) is 26.7 Å². The van der Waals surface area contributed by atoms with Gasteiger partial charge in [-0.15, -0.1) is 0 Å². The van der Waals surface area contributed by atoms with Crippen LogP contribution in [0.4, 0.5) is 0 Å². The zero-order chi connectivity index (χ0) is 17.7. The molecule has 5 heteroatoms. The molecule has 24 heavy (non-hydrogen) atoms. The predicted octanol–water partition coefficient (Wildman–Crippen LogP) is 2.21. The fraction of sp³-hybridized carbons (Fsp3) is 0.632. The minimum absolute atomic E-state index is 0.0152. The molecule has 1 heterocycles. The van der Waals surface area contributed by atoms with Crippen LogP contribution in [0.3, 0.4) is 0 Å². The molecule has 0 aliphatic carbocycles. The van der Waals surface area contributed by atoms with Gasteiger partial charge in [0, 0.05) is 6.54 Å². The number of hydrogen-bond acceptors (Lipinski definition) is 4. The van der Waals surface area contributed by atoms with Crippen LogP contribution in [0.1, 0.15) is 38.8 Å². The number of rotatable bonds is 7. The highest BCUT2D eigenvalue weighted by Gasteiger charge is 2.28. The van der Waals surface area contributed by atoms with Gasteiger partial charge in [0.2, 0.25) is 5.91 Å². The highest BCUT2D eigenvalue weighted by molar-refractivity contribution is 5.78. The average molecular weight is 334 g/mol. The highest BCUT2D eigenvalue weighted by atomic mass is 16.5. The molecule has 1 saturated heterocycles. The summed E-state index contributed by atoms with van der Waals surface area (Å²) >= 11 is 0. The van der Waals surface area contributed by atoms with Crippen molar-refractivity contribution in [3.63, 3.8) is 0 Å². The van der Waals surface area contributed by atoms with E-state index in [9.17, 15) is 9.90 Å². The molecule has 134 valence electrons. The lowest BCUT2D eigenvalue weighted by Gasteiger charge is -2.25. The van der Waals surface area contributed by atoms with Gasteiger partial charge in [-0.3, -0.25) is 9.69 Å². The molecule has 1 fully saturated rings. The van der Waals surface area contributed by atoms with Crippen molar-refractivity contribution < 1.29 is 14.6 Å². The Morgan fingerprint density at radius 2 is 2.00 bits per heavy atom. The van der Waals surface area contributed by atoms with Gasteiger partial charge in [0.1, 0.15) is 5.75 Å². The quantitative estimate of drug-likeness (QED) is 0.802. The van der Waals surface area contributed by atoms with E-state index in [1.165, 1.54) is 0 Å². The molecule has 1 aliphatic rings. The van der Waals surface area contributed by atoms with Crippen LogP contribution in [0.5, 0.6) is 5.75 Å². The van der Waals surface area contributed by atoms with Gasteiger partial charge in [-0.05, 0) is 49.4 Å². The van der Waals surface area contributed by atoms with Gasteiger partial charge < -0.3 is 15.2 Å². The van der Waals surface area contributed by atoms with Crippen molar-refractivity contribution in [1.82, 2.24) is 10.2 Å². The van der Waals surface area contributed by atoms with E-state index in [0.29, 0.717) is 12.5 Å². The fourth-order valence-electron chi connectivity index (χ4n) is 3.27. The largest absolute Gasteiger partial charge is 0.497 e.